The molecule has 1 saturated carbocycles. The lowest BCUT2D eigenvalue weighted by molar-refractivity contribution is 0.0694. The van der Waals surface area contributed by atoms with E-state index in [4.69, 9.17) is 4.74 Å². The third-order valence-electron chi connectivity index (χ3n) is 3.84. The van der Waals surface area contributed by atoms with Gasteiger partial charge in [-0.25, -0.2) is 9.78 Å². The Labute approximate surface area is 123 Å². The summed E-state index contributed by atoms with van der Waals surface area (Å²) in [6.45, 7) is 2.51. The molecule has 2 aromatic rings. The highest BCUT2D eigenvalue weighted by Crippen LogP contribution is 2.27. The molecule has 0 aliphatic heterocycles. The monoisotopic (exact) mass is 286 g/mol. The SMILES string of the molecule is Cc1nccn1Cc1cc(OC2CCC2)cc(C(=O)O)c1. The summed E-state index contributed by atoms with van der Waals surface area (Å²) in [5.41, 5.74) is 1.17. The molecule has 1 heterocycles. The second-order valence-corrected chi connectivity index (χ2v) is 5.44. The molecule has 0 saturated heterocycles. The molecule has 1 aliphatic carbocycles. The summed E-state index contributed by atoms with van der Waals surface area (Å²) in [4.78, 5) is 15.4. The van der Waals surface area contributed by atoms with Gasteiger partial charge in [-0.15, -0.1) is 0 Å². The number of aryl methyl sites for hydroxylation is 1. The second-order valence-electron chi connectivity index (χ2n) is 5.44. The first-order chi connectivity index (χ1) is 10.1. The molecule has 1 N–H and O–H groups in total. The van der Waals surface area contributed by atoms with E-state index in [0.29, 0.717) is 12.3 Å². The summed E-state index contributed by atoms with van der Waals surface area (Å²) < 4.78 is 7.82. The van der Waals surface area contributed by atoms with Gasteiger partial charge in [-0.05, 0) is 49.9 Å². The Hall–Kier alpha value is -2.30. The van der Waals surface area contributed by atoms with Gasteiger partial charge in [-0.1, -0.05) is 0 Å². The second kappa shape index (κ2) is 5.60. The van der Waals surface area contributed by atoms with E-state index >= 15 is 0 Å². The fourth-order valence-electron chi connectivity index (χ4n) is 2.39. The van der Waals surface area contributed by atoms with Gasteiger partial charge in [0, 0.05) is 18.9 Å². The van der Waals surface area contributed by atoms with Crippen LogP contribution in [-0.4, -0.2) is 26.7 Å². The molecule has 0 spiro atoms. The predicted octanol–water partition coefficient (Wildman–Crippen LogP) is 2.87. The minimum atomic E-state index is -0.933. The maximum atomic E-state index is 11.3. The number of hydrogen-bond acceptors (Lipinski definition) is 3. The van der Waals surface area contributed by atoms with E-state index < -0.39 is 5.97 Å². The lowest BCUT2D eigenvalue weighted by Crippen LogP contribution is -2.24. The number of carboxylic acid groups (broad SMARTS) is 1. The van der Waals surface area contributed by atoms with Crippen LogP contribution in [0.5, 0.6) is 5.75 Å². The number of benzene rings is 1. The number of carboxylic acids is 1. The standard InChI is InChI=1S/C16H18N2O3/c1-11-17-5-6-18(11)10-12-7-13(16(19)20)9-15(8-12)21-14-3-2-4-14/h5-9,14H,2-4,10H2,1H3,(H,19,20). The van der Waals surface area contributed by atoms with Crippen LogP contribution >= 0.6 is 0 Å². The molecule has 3 rings (SSSR count). The molecule has 0 amide bonds. The molecule has 0 atom stereocenters. The number of rotatable bonds is 5. The molecule has 5 heteroatoms. The van der Waals surface area contributed by atoms with Crippen molar-refractivity contribution in [1.29, 1.82) is 0 Å². The summed E-state index contributed by atoms with van der Waals surface area (Å²) in [6, 6.07) is 5.21. The molecule has 1 aromatic carbocycles. The molecule has 1 aliphatic rings. The Morgan fingerprint density at radius 1 is 1.43 bits per heavy atom. The molecule has 110 valence electrons. The van der Waals surface area contributed by atoms with Crippen molar-refractivity contribution in [1.82, 2.24) is 9.55 Å². The minimum absolute atomic E-state index is 0.233. The molecule has 0 bridgehead atoms. The molecule has 5 nitrogen and oxygen atoms in total. The van der Waals surface area contributed by atoms with Crippen LogP contribution in [0.3, 0.4) is 0 Å². The van der Waals surface area contributed by atoms with Gasteiger partial charge in [0.05, 0.1) is 11.7 Å². The summed E-state index contributed by atoms with van der Waals surface area (Å²) in [6.07, 6.45) is 7.14. The molecule has 0 radical (unpaired) electrons. The van der Waals surface area contributed by atoms with Crippen LogP contribution < -0.4 is 4.74 Å². The van der Waals surface area contributed by atoms with Crippen LogP contribution in [0.25, 0.3) is 0 Å². The van der Waals surface area contributed by atoms with Crippen molar-refractivity contribution in [2.75, 3.05) is 0 Å². The third-order valence-corrected chi connectivity index (χ3v) is 3.84. The van der Waals surface area contributed by atoms with Gasteiger partial charge in [0.25, 0.3) is 0 Å². The van der Waals surface area contributed by atoms with Gasteiger partial charge in [-0.3, -0.25) is 0 Å². The van der Waals surface area contributed by atoms with Crippen LogP contribution in [0.2, 0.25) is 0 Å². The highest BCUT2D eigenvalue weighted by molar-refractivity contribution is 5.88. The van der Waals surface area contributed by atoms with E-state index in [-0.39, 0.29) is 11.7 Å². The van der Waals surface area contributed by atoms with Crippen LogP contribution in [0.15, 0.2) is 30.6 Å². The largest absolute Gasteiger partial charge is 0.490 e. The van der Waals surface area contributed by atoms with Gasteiger partial charge in [0.2, 0.25) is 0 Å². The fourth-order valence-corrected chi connectivity index (χ4v) is 2.39. The first-order valence-electron chi connectivity index (χ1n) is 7.13. The Balaban J connectivity index is 1.87. The van der Waals surface area contributed by atoms with Gasteiger partial charge >= 0.3 is 5.97 Å². The normalized spacial score (nSPS) is 14.7. The summed E-state index contributed by atoms with van der Waals surface area (Å²) in [5.74, 6) is 0.613. The van der Waals surface area contributed by atoms with E-state index in [1.165, 1.54) is 6.42 Å². The molecular formula is C16H18N2O3. The highest BCUT2D eigenvalue weighted by Gasteiger charge is 2.20. The average molecular weight is 286 g/mol. The average Bonchev–Trinajstić information content (AvgIpc) is 2.79. The first kappa shape index (κ1) is 13.7. The van der Waals surface area contributed by atoms with Crippen LogP contribution in [0.4, 0.5) is 0 Å². The quantitative estimate of drug-likeness (QED) is 0.918. The van der Waals surface area contributed by atoms with E-state index in [2.05, 4.69) is 4.98 Å². The van der Waals surface area contributed by atoms with Crippen molar-refractivity contribution in [3.63, 3.8) is 0 Å². The van der Waals surface area contributed by atoms with Crippen molar-refractivity contribution < 1.29 is 14.6 Å². The van der Waals surface area contributed by atoms with Crippen LogP contribution in [0, 0.1) is 6.92 Å². The highest BCUT2D eigenvalue weighted by atomic mass is 16.5. The zero-order valence-electron chi connectivity index (χ0n) is 12.0. The van der Waals surface area contributed by atoms with Gasteiger partial charge in [0.1, 0.15) is 11.6 Å². The molecule has 1 aromatic heterocycles. The van der Waals surface area contributed by atoms with Gasteiger partial charge in [-0.2, -0.15) is 0 Å². The molecular weight excluding hydrogens is 268 g/mol. The van der Waals surface area contributed by atoms with Crippen molar-refractivity contribution in [3.05, 3.63) is 47.5 Å². The summed E-state index contributed by atoms with van der Waals surface area (Å²) in [7, 11) is 0. The van der Waals surface area contributed by atoms with Crippen molar-refractivity contribution in [2.45, 2.75) is 38.8 Å². The van der Waals surface area contributed by atoms with E-state index in [1.807, 2.05) is 23.8 Å². The zero-order valence-corrected chi connectivity index (χ0v) is 12.0. The van der Waals surface area contributed by atoms with E-state index in [1.54, 1.807) is 18.3 Å². The lowest BCUT2D eigenvalue weighted by Gasteiger charge is -2.26. The first-order valence-corrected chi connectivity index (χ1v) is 7.13. The number of nitrogens with zero attached hydrogens (tertiary/aromatic N) is 2. The summed E-state index contributed by atoms with van der Waals surface area (Å²) in [5, 5.41) is 9.24. The van der Waals surface area contributed by atoms with Crippen molar-refractivity contribution in [3.8, 4) is 5.75 Å². The molecule has 21 heavy (non-hydrogen) atoms. The lowest BCUT2D eigenvalue weighted by atomic mass is 9.96. The third kappa shape index (κ3) is 3.07. The van der Waals surface area contributed by atoms with Crippen LogP contribution in [-0.2, 0) is 6.54 Å². The number of aromatic carboxylic acids is 1. The summed E-state index contributed by atoms with van der Waals surface area (Å²) >= 11 is 0. The Morgan fingerprint density at radius 2 is 2.24 bits per heavy atom. The number of carbonyl (C=O) groups is 1. The zero-order chi connectivity index (χ0) is 14.8. The Kier molecular flexibility index (Phi) is 3.64. The maximum Gasteiger partial charge on any atom is 0.335 e. The van der Waals surface area contributed by atoms with Crippen molar-refractivity contribution >= 4 is 5.97 Å². The number of imidazole rings is 1. The maximum absolute atomic E-state index is 11.3. The van der Waals surface area contributed by atoms with Gasteiger partial charge in [0.15, 0.2) is 0 Å². The fraction of sp³-hybridized carbons (Fsp3) is 0.375. The number of hydrogen-bond donors (Lipinski definition) is 1. The Morgan fingerprint density at radius 3 is 2.81 bits per heavy atom. The topological polar surface area (TPSA) is 64.4 Å². The van der Waals surface area contributed by atoms with Crippen molar-refractivity contribution in [2.24, 2.45) is 0 Å². The minimum Gasteiger partial charge on any atom is -0.490 e. The van der Waals surface area contributed by atoms with E-state index in [0.717, 1.165) is 24.2 Å². The smallest absolute Gasteiger partial charge is 0.335 e. The Bertz CT molecular complexity index is 659. The molecule has 0 unspecified atom stereocenters. The van der Waals surface area contributed by atoms with Gasteiger partial charge < -0.3 is 14.4 Å². The van der Waals surface area contributed by atoms with E-state index in [9.17, 15) is 9.90 Å². The number of ether oxygens (including phenoxy) is 1. The van der Waals surface area contributed by atoms with Crippen LogP contribution in [0.1, 0.15) is 41.0 Å². The number of aromatic nitrogens is 2. The molecule has 1 fully saturated rings. The predicted molar refractivity (Wildman–Crippen MR) is 77.7 cm³/mol.